The molecule has 2 aromatic heterocycles. The second kappa shape index (κ2) is 7.78. The van der Waals surface area contributed by atoms with Crippen molar-refractivity contribution < 1.29 is 18.7 Å². The number of nitrogens with one attached hydrogen (secondary N) is 1. The number of hydrogen-bond acceptors (Lipinski definition) is 5. The maximum Gasteiger partial charge on any atom is 0.325 e. The van der Waals surface area contributed by atoms with Gasteiger partial charge in [0.15, 0.2) is 0 Å². The summed E-state index contributed by atoms with van der Waals surface area (Å²) >= 11 is 0. The van der Waals surface area contributed by atoms with E-state index in [0.717, 1.165) is 5.56 Å². The molecule has 1 amide bonds. The minimum Gasteiger partial charge on any atom is -0.468 e. The molecule has 0 atom stereocenters. The van der Waals surface area contributed by atoms with E-state index >= 15 is 0 Å². The molecule has 4 aromatic rings. The van der Waals surface area contributed by atoms with Gasteiger partial charge in [0, 0.05) is 5.56 Å². The SMILES string of the molecule is COC(=O)CNC(=O)c1ccc2c(c1)n(Cc1ccc(F)cc1)c(=O)c1ccnn12. The Morgan fingerprint density at radius 1 is 1.07 bits per heavy atom. The van der Waals surface area contributed by atoms with Gasteiger partial charge in [-0.15, -0.1) is 0 Å². The highest BCUT2D eigenvalue weighted by atomic mass is 19.1. The molecule has 0 fully saturated rings. The van der Waals surface area contributed by atoms with Crippen molar-refractivity contribution in [2.45, 2.75) is 6.54 Å². The molecule has 0 aliphatic carbocycles. The van der Waals surface area contributed by atoms with Crippen molar-refractivity contribution in [2.24, 2.45) is 0 Å². The lowest BCUT2D eigenvalue weighted by molar-refractivity contribution is -0.139. The molecule has 0 bridgehead atoms. The van der Waals surface area contributed by atoms with Crippen LogP contribution in [0, 0.1) is 5.82 Å². The summed E-state index contributed by atoms with van der Waals surface area (Å²) in [6.07, 6.45) is 1.52. The van der Waals surface area contributed by atoms with E-state index in [4.69, 9.17) is 0 Å². The predicted octanol–water partition coefficient (Wildman–Crippen LogP) is 1.74. The van der Waals surface area contributed by atoms with Crippen molar-refractivity contribution in [1.29, 1.82) is 0 Å². The molecule has 9 heteroatoms. The summed E-state index contributed by atoms with van der Waals surface area (Å²) in [7, 11) is 1.23. The van der Waals surface area contributed by atoms with Crippen LogP contribution in [0.1, 0.15) is 15.9 Å². The average Bonchev–Trinajstić information content (AvgIpc) is 3.26. The number of benzene rings is 2. The van der Waals surface area contributed by atoms with E-state index in [1.807, 2.05) is 0 Å². The summed E-state index contributed by atoms with van der Waals surface area (Å²) in [6.45, 7) is -0.0848. The second-order valence-corrected chi connectivity index (χ2v) is 6.61. The Labute approximate surface area is 169 Å². The van der Waals surface area contributed by atoms with Crippen LogP contribution in [0.4, 0.5) is 4.39 Å². The minimum absolute atomic E-state index is 0.185. The topological polar surface area (TPSA) is 94.7 Å². The van der Waals surface area contributed by atoms with E-state index in [1.54, 1.807) is 36.4 Å². The Morgan fingerprint density at radius 3 is 2.57 bits per heavy atom. The summed E-state index contributed by atoms with van der Waals surface area (Å²) in [5.41, 5.74) is 2.19. The first-order valence-corrected chi connectivity index (χ1v) is 9.07. The van der Waals surface area contributed by atoms with Gasteiger partial charge in [-0.3, -0.25) is 14.4 Å². The number of methoxy groups -OCH3 is 1. The van der Waals surface area contributed by atoms with Crippen LogP contribution in [0.5, 0.6) is 0 Å². The zero-order chi connectivity index (χ0) is 21.3. The number of nitrogens with zero attached hydrogens (tertiary/aromatic N) is 3. The molecular weight excluding hydrogens is 391 g/mol. The molecule has 0 spiro atoms. The van der Waals surface area contributed by atoms with Gasteiger partial charge < -0.3 is 14.6 Å². The molecule has 8 nitrogen and oxygen atoms in total. The molecular formula is C21H17FN4O4. The van der Waals surface area contributed by atoms with Gasteiger partial charge in [-0.25, -0.2) is 8.91 Å². The smallest absolute Gasteiger partial charge is 0.325 e. The summed E-state index contributed by atoms with van der Waals surface area (Å²) in [5, 5.41) is 6.68. The number of carbonyl (C=O) groups excluding carboxylic acids is 2. The van der Waals surface area contributed by atoms with E-state index in [1.165, 1.54) is 34.5 Å². The first-order valence-electron chi connectivity index (χ1n) is 9.07. The number of rotatable bonds is 5. The van der Waals surface area contributed by atoms with Crippen LogP contribution in [-0.2, 0) is 16.1 Å². The summed E-state index contributed by atoms with van der Waals surface area (Å²) in [5.74, 6) is -1.42. The number of amides is 1. The Hall–Kier alpha value is -4.01. The van der Waals surface area contributed by atoms with Gasteiger partial charge in [-0.05, 0) is 42.0 Å². The van der Waals surface area contributed by atoms with Crippen molar-refractivity contribution >= 4 is 28.4 Å². The highest BCUT2D eigenvalue weighted by Crippen LogP contribution is 2.18. The Balaban J connectivity index is 1.83. The minimum atomic E-state index is -0.574. The number of ether oxygens (including phenoxy) is 1. The van der Waals surface area contributed by atoms with Gasteiger partial charge in [0.2, 0.25) is 0 Å². The molecule has 2 heterocycles. The third kappa shape index (κ3) is 3.52. The van der Waals surface area contributed by atoms with E-state index in [0.29, 0.717) is 16.6 Å². The summed E-state index contributed by atoms with van der Waals surface area (Å²) < 4.78 is 20.8. The summed E-state index contributed by atoms with van der Waals surface area (Å²) in [4.78, 5) is 36.8. The van der Waals surface area contributed by atoms with Crippen molar-refractivity contribution in [3.8, 4) is 0 Å². The number of fused-ring (bicyclic) bond motifs is 3. The lowest BCUT2D eigenvalue weighted by atomic mass is 10.1. The third-order valence-electron chi connectivity index (χ3n) is 4.74. The predicted molar refractivity (Wildman–Crippen MR) is 107 cm³/mol. The molecule has 0 radical (unpaired) electrons. The van der Waals surface area contributed by atoms with Crippen LogP contribution in [-0.4, -0.2) is 39.7 Å². The molecule has 2 aromatic carbocycles. The summed E-state index contributed by atoms with van der Waals surface area (Å²) in [6, 6.07) is 12.3. The van der Waals surface area contributed by atoms with Crippen LogP contribution < -0.4 is 10.9 Å². The molecule has 0 aliphatic heterocycles. The molecule has 1 N–H and O–H groups in total. The number of hydrogen-bond donors (Lipinski definition) is 1. The van der Waals surface area contributed by atoms with E-state index in [2.05, 4.69) is 15.2 Å². The average molecular weight is 408 g/mol. The number of halogens is 1. The molecule has 4 rings (SSSR count). The number of aromatic nitrogens is 3. The fraction of sp³-hybridized carbons (Fsp3) is 0.143. The molecule has 152 valence electrons. The highest BCUT2D eigenvalue weighted by molar-refractivity contribution is 5.98. The molecule has 0 saturated heterocycles. The monoisotopic (exact) mass is 408 g/mol. The fourth-order valence-electron chi connectivity index (χ4n) is 3.22. The molecule has 0 unspecified atom stereocenters. The van der Waals surface area contributed by atoms with E-state index < -0.39 is 11.9 Å². The van der Waals surface area contributed by atoms with Crippen LogP contribution in [0.15, 0.2) is 59.5 Å². The first kappa shape index (κ1) is 19.3. The van der Waals surface area contributed by atoms with Gasteiger partial charge >= 0.3 is 5.97 Å². The quantitative estimate of drug-likeness (QED) is 0.508. The fourth-order valence-corrected chi connectivity index (χ4v) is 3.22. The van der Waals surface area contributed by atoms with Crippen molar-refractivity contribution in [3.63, 3.8) is 0 Å². The lowest BCUT2D eigenvalue weighted by Gasteiger charge is -2.13. The van der Waals surface area contributed by atoms with Crippen LogP contribution in [0.3, 0.4) is 0 Å². The highest BCUT2D eigenvalue weighted by Gasteiger charge is 2.15. The standard InChI is InChI=1S/C21H17FN4O4/c1-30-19(27)11-23-20(28)14-4-7-16-18(10-14)25(12-13-2-5-15(22)6-3-13)21(29)17-8-9-24-26(16)17/h2-10H,11-12H2,1H3,(H,23,28). The van der Waals surface area contributed by atoms with Crippen LogP contribution in [0.2, 0.25) is 0 Å². The number of esters is 1. The van der Waals surface area contributed by atoms with Gasteiger partial charge in [-0.1, -0.05) is 12.1 Å². The maximum atomic E-state index is 13.3. The first-order chi connectivity index (χ1) is 14.5. The van der Waals surface area contributed by atoms with E-state index in [-0.39, 0.29) is 30.0 Å². The second-order valence-electron chi connectivity index (χ2n) is 6.61. The Kier molecular flexibility index (Phi) is 5.01. The zero-order valence-corrected chi connectivity index (χ0v) is 16.0. The molecule has 30 heavy (non-hydrogen) atoms. The van der Waals surface area contributed by atoms with E-state index in [9.17, 15) is 18.8 Å². The third-order valence-corrected chi connectivity index (χ3v) is 4.74. The van der Waals surface area contributed by atoms with Gasteiger partial charge in [0.05, 0.1) is 30.9 Å². The number of carbonyl (C=O) groups is 2. The van der Waals surface area contributed by atoms with Crippen LogP contribution >= 0.6 is 0 Å². The van der Waals surface area contributed by atoms with Gasteiger partial charge in [0.25, 0.3) is 11.5 Å². The molecule has 0 aliphatic rings. The molecule has 0 saturated carbocycles. The maximum absolute atomic E-state index is 13.3. The van der Waals surface area contributed by atoms with Gasteiger partial charge in [-0.2, -0.15) is 5.10 Å². The van der Waals surface area contributed by atoms with Crippen molar-refractivity contribution in [3.05, 3.63) is 82.0 Å². The van der Waals surface area contributed by atoms with Crippen molar-refractivity contribution in [2.75, 3.05) is 13.7 Å². The van der Waals surface area contributed by atoms with Gasteiger partial charge in [0.1, 0.15) is 17.9 Å². The lowest BCUT2D eigenvalue weighted by Crippen LogP contribution is -2.30. The normalized spacial score (nSPS) is 11.0. The Morgan fingerprint density at radius 2 is 1.83 bits per heavy atom. The van der Waals surface area contributed by atoms with Crippen LogP contribution in [0.25, 0.3) is 16.6 Å². The van der Waals surface area contributed by atoms with Crippen molar-refractivity contribution in [1.82, 2.24) is 19.5 Å². The zero-order valence-electron chi connectivity index (χ0n) is 16.0. The Bertz CT molecular complexity index is 1320. The largest absolute Gasteiger partial charge is 0.468 e.